The van der Waals surface area contributed by atoms with Crippen LogP contribution in [0.25, 0.3) is 0 Å². The molecule has 3 aromatic rings. The Kier molecular flexibility index (Phi) is 5.59. The van der Waals surface area contributed by atoms with Crippen LogP contribution in [-0.4, -0.2) is 10.9 Å². The first-order valence-electron chi connectivity index (χ1n) is 8.20. The summed E-state index contributed by atoms with van der Waals surface area (Å²) >= 11 is 0. The number of nitrogens with one attached hydrogen (secondary N) is 1. The average Bonchev–Trinajstić information content (AvgIpc) is 2.65. The smallest absolute Gasteiger partial charge is 0.316 e. The molecule has 0 spiro atoms. The van der Waals surface area contributed by atoms with Gasteiger partial charge in [-0.05, 0) is 23.3 Å². The van der Waals surface area contributed by atoms with Gasteiger partial charge >= 0.3 is 6.03 Å². The molecule has 0 aromatic heterocycles. The van der Waals surface area contributed by atoms with Gasteiger partial charge in [-0.3, -0.25) is 0 Å². The predicted octanol–water partition coefficient (Wildman–Crippen LogP) is 5.20. The molecule has 0 unspecified atom stereocenters. The van der Waals surface area contributed by atoms with E-state index in [1.54, 1.807) is 4.90 Å². The lowest BCUT2D eigenvalue weighted by Crippen LogP contribution is -2.34. The zero-order valence-corrected chi connectivity index (χ0v) is 14.0. The minimum Gasteiger partial charge on any atom is -0.316 e. The normalized spacial score (nSPS) is 10.4. The fraction of sp³-hybridized carbons (Fsp3) is 0.0952. The molecule has 5 heteroatoms. The number of nitrogens with zero attached hydrogens (tertiary/aromatic N) is 1. The average molecular weight is 352 g/mol. The first kappa shape index (κ1) is 17.6. The van der Waals surface area contributed by atoms with Crippen LogP contribution in [-0.2, 0) is 13.1 Å². The molecular weight excluding hydrogens is 334 g/mol. The molecule has 26 heavy (non-hydrogen) atoms. The van der Waals surface area contributed by atoms with Gasteiger partial charge in [0.15, 0.2) is 0 Å². The first-order valence-corrected chi connectivity index (χ1v) is 8.20. The summed E-state index contributed by atoms with van der Waals surface area (Å²) in [6.45, 7) is 0.731. The van der Waals surface area contributed by atoms with E-state index in [1.165, 1.54) is 6.07 Å². The summed E-state index contributed by atoms with van der Waals surface area (Å²) in [4.78, 5) is 14.3. The van der Waals surface area contributed by atoms with E-state index >= 15 is 0 Å². The van der Waals surface area contributed by atoms with Gasteiger partial charge in [-0.25, -0.2) is 13.6 Å². The summed E-state index contributed by atoms with van der Waals surface area (Å²) < 4.78 is 26.9. The van der Waals surface area contributed by atoms with E-state index < -0.39 is 17.7 Å². The van der Waals surface area contributed by atoms with E-state index in [0.29, 0.717) is 13.1 Å². The van der Waals surface area contributed by atoms with E-state index in [4.69, 9.17) is 0 Å². The van der Waals surface area contributed by atoms with Crippen LogP contribution in [0.5, 0.6) is 0 Å². The molecule has 0 aliphatic heterocycles. The van der Waals surface area contributed by atoms with E-state index in [-0.39, 0.29) is 5.69 Å². The molecule has 0 aliphatic carbocycles. The Morgan fingerprint density at radius 3 is 1.85 bits per heavy atom. The van der Waals surface area contributed by atoms with Crippen LogP contribution in [0.1, 0.15) is 11.1 Å². The van der Waals surface area contributed by atoms with Crippen molar-refractivity contribution in [2.45, 2.75) is 13.1 Å². The summed E-state index contributed by atoms with van der Waals surface area (Å²) in [6.07, 6.45) is 0. The number of carbonyl (C=O) groups excluding carboxylic acids is 1. The SMILES string of the molecule is O=C(Nc1ccc(F)cc1F)N(Cc1ccccc1)Cc1ccccc1. The Morgan fingerprint density at radius 2 is 1.35 bits per heavy atom. The molecule has 3 nitrogen and oxygen atoms in total. The number of halogens is 2. The largest absolute Gasteiger partial charge is 0.322 e. The summed E-state index contributed by atoms with van der Waals surface area (Å²) in [7, 11) is 0. The summed E-state index contributed by atoms with van der Waals surface area (Å²) in [5.74, 6) is -1.50. The number of rotatable bonds is 5. The molecule has 132 valence electrons. The topological polar surface area (TPSA) is 32.3 Å². The van der Waals surface area contributed by atoms with E-state index in [2.05, 4.69) is 5.32 Å². The number of hydrogen-bond acceptors (Lipinski definition) is 1. The maximum absolute atomic E-state index is 13.9. The van der Waals surface area contributed by atoms with Gasteiger partial charge in [0.25, 0.3) is 0 Å². The molecule has 0 radical (unpaired) electrons. The van der Waals surface area contributed by atoms with Crippen molar-refractivity contribution in [3.8, 4) is 0 Å². The first-order chi connectivity index (χ1) is 12.6. The minimum atomic E-state index is -0.808. The number of carbonyl (C=O) groups is 1. The standard InChI is InChI=1S/C21H18F2N2O/c22-18-11-12-20(19(23)13-18)24-21(26)25(14-16-7-3-1-4-8-16)15-17-9-5-2-6-10-17/h1-13H,14-15H2,(H,24,26). The van der Waals surface area contributed by atoms with Crippen LogP contribution in [0, 0.1) is 11.6 Å². The third kappa shape index (κ3) is 4.66. The highest BCUT2D eigenvalue weighted by Crippen LogP contribution is 2.17. The molecule has 0 heterocycles. The second-order valence-electron chi connectivity index (χ2n) is 5.88. The maximum atomic E-state index is 13.9. The fourth-order valence-electron chi connectivity index (χ4n) is 2.59. The lowest BCUT2D eigenvalue weighted by molar-refractivity contribution is 0.206. The van der Waals surface area contributed by atoms with Gasteiger partial charge in [-0.1, -0.05) is 60.7 Å². The van der Waals surface area contributed by atoms with Crippen molar-refractivity contribution in [2.75, 3.05) is 5.32 Å². The Hall–Kier alpha value is -3.21. The number of benzene rings is 3. The van der Waals surface area contributed by atoms with Gasteiger partial charge in [0.05, 0.1) is 5.69 Å². The summed E-state index contributed by atoms with van der Waals surface area (Å²) in [6, 6.07) is 21.7. The fourth-order valence-corrected chi connectivity index (χ4v) is 2.59. The van der Waals surface area contributed by atoms with Gasteiger partial charge in [0, 0.05) is 19.2 Å². The Balaban J connectivity index is 1.80. The predicted molar refractivity (Wildman–Crippen MR) is 97.5 cm³/mol. The molecule has 0 saturated carbocycles. The second-order valence-corrected chi connectivity index (χ2v) is 5.88. The summed E-state index contributed by atoms with van der Waals surface area (Å²) in [5, 5.41) is 2.52. The zero-order valence-electron chi connectivity index (χ0n) is 14.0. The van der Waals surface area contributed by atoms with Crippen LogP contribution < -0.4 is 5.32 Å². The van der Waals surface area contributed by atoms with Gasteiger partial charge in [0.1, 0.15) is 11.6 Å². The van der Waals surface area contributed by atoms with Gasteiger partial charge in [0.2, 0.25) is 0 Å². The highest BCUT2D eigenvalue weighted by Gasteiger charge is 2.16. The zero-order chi connectivity index (χ0) is 18.4. The number of amides is 2. The van der Waals surface area contributed by atoms with Crippen LogP contribution in [0.4, 0.5) is 19.3 Å². The van der Waals surface area contributed by atoms with Crippen molar-refractivity contribution in [1.29, 1.82) is 0 Å². The van der Waals surface area contributed by atoms with Crippen LogP contribution in [0.2, 0.25) is 0 Å². The van der Waals surface area contributed by atoms with E-state index in [9.17, 15) is 13.6 Å². The quantitative estimate of drug-likeness (QED) is 0.673. The molecule has 3 rings (SSSR count). The van der Waals surface area contributed by atoms with Crippen LogP contribution in [0.3, 0.4) is 0 Å². The third-order valence-corrected chi connectivity index (χ3v) is 3.89. The van der Waals surface area contributed by atoms with Gasteiger partial charge < -0.3 is 10.2 Å². The molecule has 0 atom stereocenters. The molecule has 0 saturated heterocycles. The van der Waals surface area contributed by atoms with Crippen molar-refractivity contribution in [3.63, 3.8) is 0 Å². The number of urea groups is 1. The minimum absolute atomic E-state index is 0.0532. The Morgan fingerprint density at radius 1 is 0.808 bits per heavy atom. The second kappa shape index (κ2) is 8.25. The molecule has 0 aliphatic rings. The van der Waals surface area contributed by atoms with E-state index in [0.717, 1.165) is 23.3 Å². The molecule has 3 aromatic carbocycles. The molecular formula is C21H18F2N2O. The lowest BCUT2D eigenvalue weighted by Gasteiger charge is -2.23. The highest BCUT2D eigenvalue weighted by molar-refractivity contribution is 5.89. The highest BCUT2D eigenvalue weighted by atomic mass is 19.1. The third-order valence-electron chi connectivity index (χ3n) is 3.89. The Bertz CT molecular complexity index is 828. The van der Waals surface area contributed by atoms with Crippen LogP contribution >= 0.6 is 0 Å². The van der Waals surface area contributed by atoms with Crippen molar-refractivity contribution in [2.24, 2.45) is 0 Å². The van der Waals surface area contributed by atoms with Gasteiger partial charge in [-0.2, -0.15) is 0 Å². The maximum Gasteiger partial charge on any atom is 0.322 e. The Labute approximate surface area is 150 Å². The monoisotopic (exact) mass is 352 g/mol. The molecule has 1 N–H and O–H groups in total. The van der Waals surface area contributed by atoms with Crippen molar-refractivity contribution in [1.82, 2.24) is 4.90 Å². The van der Waals surface area contributed by atoms with E-state index in [1.807, 2.05) is 60.7 Å². The number of anilines is 1. The lowest BCUT2D eigenvalue weighted by atomic mass is 10.2. The molecule has 0 bridgehead atoms. The summed E-state index contributed by atoms with van der Waals surface area (Å²) in [5.41, 5.74) is 1.86. The number of hydrogen-bond donors (Lipinski definition) is 1. The van der Waals surface area contributed by atoms with Gasteiger partial charge in [-0.15, -0.1) is 0 Å². The van der Waals surface area contributed by atoms with Crippen LogP contribution in [0.15, 0.2) is 78.9 Å². The molecule has 0 fully saturated rings. The van der Waals surface area contributed by atoms with Crippen molar-refractivity contribution >= 4 is 11.7 Å². The molecule has 2 amide bonds. The van der Waals surface area contributed by atoms with Crippen molar-refractivity contribution < 1.29 is 13.6 Å². The van der Waals surface area contributed by atoms with Crippen molar-refractivity contribution in [3.05, 3.63) is 102 Å².